The van der Waals surface area contributed by atoms with Gasteiger partial charge in [0.25, 0.3) is 0 Å². The third kappa shape index (κ3) is 2.72. The molecule has 0 atom stereocenters. The van der Waals surface area contributed by atoms with Crippen molar-refractivity contribution in [1.29, 1.82) is 0 Å². The Morgan fingerprint density at radius 2 is 1.27 bits per heavy atom. The van der Waals surface area contributed by atoms with Gasteiger partial charge in [-0.3, -0.25) is 9.80 Å². The maximum absolute atomic E-state index is 5.28. The average Bonchev–Trinajstić information content (AvgIpc) is 3.49. The first kappa shape index (κ1) is 22.9. The number of anilines is 3. The van der Waals surface area contributed by atoms with Gasteiger partial charge in [0.05, 0.1) is 39.3 Å². The van der Waals surface area contributed by atoms with E-state index in [4.69, 9.17) is 4.99 Å². The standard InChI is InChI=1S/C37H30N4/c1-36(2)27-14-6-8-17-31(27)40-30-21-20-23(22-25(30)24-12-11-15-28(36)34(24)40)39-32-18-9-10-19-33(32)41-35(39)38-29-16-7-5-13-26(29)37(41,3)4/h5-22H,1-4H3. The molecule has 0 aliphatic carbocycles. The molecule has 0 amide bonds. The van der Waals surface area contributed by atoms with Crippen LogP contribution in [0.3, 0.4) is 0 Å². The van der Waals surface area contributed by atoms with Crippen LogP contribution < -0.4 is 9.80 Å². The molecule has 0 saturated carbocycles. The molecule has 0 N–H and O–H groups in total. The van der Waals surface area contributed by atoms with Crippen molar-refractivity contribution >= 4 is 50.5 Å². The van der Waals surface area contributed by atoms with E-state index >= 15 is 0 Å². The molecule has 41 heavy (non-hydrogen) atoms. The predicted molar refractivity (Wildman–Crippen MR) is 171 cm³/mol. The molecule has 3 aliphatic heterocycles. The minimum absolute atomic E-state index is 0.0759. The van der Waals surface area contributed by atoms with E-state index in [1.54, 1.807) is 0 Å². The van der Waals surface area contributed by atoms with Gasteiger partial charge in [-0.2, -0.15) is 0 Å². The van der Waals surface area contributed by atoms with Crippen LogP contribution in [0.4, 0.5) is 22.7 Å². The smallest absolute Gasteiger partial charge is 0.216 e. The zero-order valence-electron chi connectivity index (χ0n) is 23.7. The highest BCUT2D eigenvalue weighted by atomic mass is 15.5. The molecule has 0 fully saturated rings. The molecular formula is C37H30N4. The Morgan fingerprint density at radius 3 is 2.10 bits per heavy atom. The fraction of sp³-hybridized carbons (Fsp3) is 0.162. The molecule has 3 aliphatic rings. The summed E-state index contributed by atoms with van der Waals surface area (Å²) in [6.45, 7) is 9.30. The first-order chi connectivity index (χ1) is 19.9. The monoisotopic (exact) mass is 530 g/mol. The Morgan fingerprint density at radius 1 is 0.585 bits per heavy atom. The number of hydrogen-bond acceptors (Lipinski definition) is 3. The summed E-state index contributed by atoms with van der Waals surface area (Å²) in [5, 5.41) is 2.56. The van der Waals surface area contributed by atoms with Crippen molar-refractivity contribution in [3.63, 3.8) is 0 Å². The van der Waals surface area contributed by atoms with E-state index in [9.17, 15) is 0 Å². The van der Waals surface area contributed by atoms with Gasteiger partial charge in [-0.1, -0.05) is 80.6 Å². The molecule has 0 spiro atoms. The van der Waals surface area contributed by atoms with Crippen LogP contribution in [-0.4, -0.2) is 10.5 Å². The summed E-state index contributed by atoms with van der Waals surface area (Å²) in [7, 11) is 0. The minimum Gasteiger partial charge on any atom is -0.309 e. The first-order valence-electron chi connectivity index (χ1n) is 14.4. The van der Waals surface area contributed by atoms with E-state index in [-0.39, 0.29) is 11.0 Å². The molecule has 0 radical (unpaired) electrons. The predicted octanol–water partition coefficient (Wildman–Crippen LogP) is 9.32. The number of rotatable bonds is 1. The summed E-state index contributed by atoms with van der Waals surface area (Å²) in [5.74, 6) is 0.953. The fourth-order valence-electron chi connectivity index (χ4n) is 7.67. The van der Waals surface area contributed by atoms with E-state index in [1.165, 1.54) is 49.9 Å². The lowest BCUT2D eigenvalue weighted by Crippen LogP contribution is -2.49. The summed E-state index contributed by atoms with van der Waals surface area (Å²) >= 11 is 0. The number of aliphatic imine (C=N–C) groups is 1. The van der Waals surface area contributed by atoms with Gasteiger partial charge in [0, 0.05) is 27.4 Å². The van der Waals surface area contributed by atoms with E-state index in [0.29, 0.717) is 0 Å². The fourth-order valence-corrected chi connectivity index (χ4v) is 7.67. The number of hydrogen-bond donors (Lipinski definition) is 0. The second-order valence-electron chi connectivity index (χ2n) is 12.5. The lowest BCUT2D eigenvalue weighted by molar-refractivity contribution is 0.543. The lowest BCUT2D eigenvalue weighted by atomic mass is 9.75. The zero-order chi connectivity index (χ0) is 27.7. The van der Waals surface area contributed by atoms with Crippen LogP contribution in [0.5, 0.6) is 0 Å². The summed E-state index contributed by atoms with van der Waals surface area (Å²) in [6.07, 6.45) is 0. The Kier molecular flexibility index (Phi) is 4.18. The molecule has 0 bridgehead atoms. The molecule has 5 aromatic carbocycles. The number of guanidine groups is 1. The zero-order valence-corrected chi connectivity index (χ0v) is 23.7. The summed E-state index contributed by atoms with van der Waals surface area (Å²) in [4.78, 5) is 10.0. The van der Waals surface area contributed by atoms with Crippen molar-refractivity contribution in [2.75, 3.05) is 9.80 Å². The molecule has 6 aromatic rings. The molecule has 0 saturated heterocycles. The van der Waals surface area contributed by atoms with Gasteiger partial charge in [0.1, 0.15) is 0 Å². The van der Waals surface area contributed by atoms with Crippen LogP contribution in [0.2, 0.25) is 0 Å². The van der Waals surface area contributed by atoms with E-state index in [2.05, 4.69) is 151 Å². The minimum atomic E-state index is -0.248. The van der Waals surface area contributed by atoms with Crippen LogP contribution in [0.15, 0.2) is 114 Å². The molecule has 0 unspecified atom stereocenters. The van der Waals surface area contributed by atoms with Gasteiger partial charge in [-0.15, -0.1) is 0 Å². The number of aromatic nitrogens is 1. The van der Waals surface area contributed by atoms with Gasteiger partial charge in [-0.05, 0) is 67.4 Å². The largest absolute Gasteiger partial charge is 0.309 e. The third-order valence-corrected chi connectivity index (χ3v) is 9.63. The third-order valence-electron chi connectivity index (χ3n) is 9.63. The molecule has 4 nitrogen and oxygen atoms in total. The summed E-state index contributed by atoms with van der Waals surface area (Å²) in [6, 6.07) is 39.9. The van der Waals surface area contributed by atoms with Gasteiger partial charge < -0.3 is 4.57 Å². The molecule has 1 aromatic heterocycles. The topological polar surface area (TPSA) is 23.8 Å². The van der Waals surface area contributed by atoms with E-state index < -0.39 is 0 Å². The second kappa shape index (κ2) is 7.46. The summed E-state index contributed by atoms with van der Waals surface area (Å²) < 4.78 is 2.48. The number of fused-ring (bicyclic) bond motifs is 9. The second-order valence-corrected chi connectivity index (χ2v) is 12.5. The average molecular weight is 531 g/mol. The van der Waals surface area contributed by atoms with Crippen molar-refractivity contribution in [1.82, 2.24) is 4.57 Å². The van der Waals surface area contributed by atoms with Crippen LogP contribution in [-0.2, 0) is 11.0 Å². The molecule has 4 heterocycles. The quantitative estimate of drug-likeness (QED) is 0.211. The normalized spacial score (nSPS) is 17.2. The molecule has 4 heteroatoms. The Labute approximate surface area is 239 Å². The maximum atomic E-state index is 5.28. The van der Waals surface area contributed by atoms with Gasteiger partial charge in [0.2, 0.25) is 5.96 Å². The van der Waals surface area contributed by atoms with Crippen LogP contribution in [0.25, 0.3) is 27.5 Å². The van der Waals surface area contributed by atoms with Crippen LogP contribution in [0, 0.1) is 0 Å². The highest BCUT2D eigenvalue weighted by Crippen LogP contribution is 2.53. The SMILES string of the molecule is CC1(C)c2ccccc2-n2c3ccc(N4C5=Nc6ccccc6C(C)(C)N5c5ccccc54)cc3c3cccc1c32. The van der Waals surface area contributed by atoms with E-state index in [0.717, 1.165) is 23.0 Å². The molecule has 198 valence electrons. The van der Waals surface area contributed by atoms with Crippen LogP contribution >= 0.6 is 0 Å². The number of nitrogens with zero attached hydrogens (tertiary/aromatic N) is 4. The van der Waals surface area contributed by atoms with Gasteiger partial charge in [0.15, 0.2) is 0 Å². The van der Waals surface area contributed by atoms with Gasteiger partial charge in [-0.25, -0.2) is 4.99 Å². The number of para-hydroxylation sites is 5. The highest BCUT2D eigenvalue weighted by Gasteiger charge is 2.46. The van der Waals surface area contributed by atoms with E-state index in [1.807, 2.05) is 0 Å². The summed E-state index contributed by atoms with van der Waals surface area (Å²) in [5.41, 5.74) is 12.0. The maximum Gasteiger partial charge on any atom is 0.216 e. The molecule has 9 rings (SSSR count). The Balaban J connectivity index is 1.33. The number of benzene rings is 5. The Bertz CT molecular complexity index is 2130. The lowest BCUT2D eigenvalue weighted by Gasteiger charge is -2.41. The molecular weight excluding hydrogens is 500 g/mol. The van der Waals surface area contributed by atoms with Crippen molar-refractivity contribution in [2.24, 2.45) is 4.99 Å². The van der Waals surface area contributed by atoms with Crippen molar-refractivity contribution in [2.45, 2.75) is 38.6 Å². The van der Waals surface area contributed by atoms with Crippen molar-refractivity contribution in [3.05, 3.63) is 126 Å². The van der Waals surface area contributed by atoms with Crippen LogP contribution in [0.1, 0.15) is 44.4 Å². The first-order valence-corrected chi connectivity index (χ1v) is 14.4. The highest BCUT2D eigenvalue weighted by molar-refractivity contribution is 6.23. The Hall–Kier alpha value is -4.83. The van der Waals surface area contributed by atoms with Gasteiger partial charge >= 0.3 is 0 Å². The van der Waals surface area contributed by atoms with Crippen molar-refractivity contribution in [3.8, 4) is 5.69 Å². The van der Waals surface area contributed by atoms with Crippen molar-refractivity contribution < 1.29 is 0 Å².